The first kappa shape index (κ1) is 91.1. The first-order chi connectivity index (χ1) is 44.8. The Morgan fingerprint density at radius 3 is 0.817 bits per heavy atom. The van der Waals surface area contributed by atoms with E-state index in [-0.39, 0.29) is 25.7 Å². The molecule has 0 aromatic carbocycles. The molecule has 93 heavy (non-hydrogen) atoms. The van der Waals surface area contributed by atoms with E-state index in [1.54, 1.807) is 0 Å². The topological polar surface area (TPSA) is 237 Å². The van der Waals surface area contributed by atoms with E-state index >= 15 is 0 Å². The highest BCUT2D eigenvalue weighted by atomic mass is 31.2. The molecule has 0 fully saturated rings. The molecule has 3 unspecified atom stereocenters. The summed E-state index contributed by atoms with van der Waals surface area (Å²) < 4.78 is 68.1. The minimum Gasteiger partial charge on any atom is -0.462 e. The summed E-state index contributed by atoms with van der Waals surface area (Å²) in [4.78, 5) is 72.3. The summed E-state index contributed by atoms with van der Waals surface area (Å²) >= 11 is 0. The van der Waals surface area contributed by atoms with Gasteiger partial charge in [-0.25, -0.2) is 9.13 Å². The zero-order valence-corrected chi connectivity index (χ0v) is 62.5. The van der Waals surface area contributed by atoms with Crippen LogP contribution < -0.4 is 0 Å². The highest BCUT2D eigenvalue weighted by Gasteiger charge is 2.30. The van der Waals surface area contributed by atoms with Crippen molar-refractivity contribution in [2.75, 3.05) is 39.6 Å². The highest BCUT2D eigenvalue weighted by Crippen LogP contribution is 2.45. The number of phosphoric ester groups is 2. The van der Waals surface area contributed by atoms with Crippen LogP contribution in [-0.2, 0) is 65.4 Å². The Balaban J connectivity index is 5.10. The van der Waals surface area contributed by atoms with E-state index in [1.807, 2.05) is 0 Å². The van der Waals surface area contributed by atoms with Crippen LogP contribution in [0.3, 0.4) is 0 Å². The van der Waals surface area contributed by atoms with Gasteiger partial charge in [0.05, 0.1) is 26.4 Å². The van der Waals surface area contributed by atoms with E-state index in [9.17, 15) is 43.2 Å². The molecule has 0 amide bonds. The second-order valence-electron chi connectivity index (χ2n) is 27.9. The van der Waals surface area contributed by atoms with Gasteiger partial charge in [0.15, 0.2) is 12.2 Å². The zero-order chi connectivity index (χ0) is 68.7. The Bertz CT molecular complexity index is 1820. The van der Waals surface area contributed by atoms with Gasteiger partial charge in [0, 0.05) is 25.7 Å². The summed E-state index contributed by atoms with van der Waals surface area (Å²) in [5, 5.41) is 10.6. The fraction of sp³-hybridized carbons (Fsp3) is 0.946. The molecule has 0 aliphatic carbocycles. The molecule has 3 N–H and O–H groups in total. The Kier molecular flexibility index (Phi) is 63.4. The Morgan fingerprint density at radius 2 is 0.548 bits per heavy atom. The van der Waals surface area contributed by atoms with Crippen molar-refractivity contribution >= 4 is 39.5 Å². The lowest BCUT2D eigenvalue weighted by molar-refractivity contribution is -0.161. The molecular formula is C74H144O17P2. The number of aliphatic hydroxyl groups excluding tert-OH is 1. The van der Waals surface area contributed by atoms with Crippen LogP contribution in [0.4, 0.5) is 0 Å². The van der Waals surface area contributed by atoms with E-state index in [0.717, 1.165) is 108 Å². The molecule has 0 saturated carbocycles. The van der Waals surface area contributed by atoms with Gasteiger partial charge in [0.2, 0.25) is 0 Å². The van der Waals surface area contributed by atoms with Crippen molar-refractivity contribution in [3.63, 3.8) is 0 Å². The molecule has 0 saturated heterocycles. The normalized spacial score (nSPS) is 14.4. The van der Waals surface area contributed by atoms with Crippen LogP contribution in [0.5, 0.6) is 0 Å². The smallest absolute Gasteiger partial charge is 0.462 e. The first-order valence-corrected chi connectivity index (χ1v) is 41.4. The van der Waals surface area contributed by atoms with Crippen molar-refractivity contribution in [2.45, 2.75) is 394 Å². The lowest BCUT2D eigenvalue weighted by Gasteiger charge is -2.21. The number of hydrogen-bond donors (Lipinski definition) is 3. The van der Waals surface area contributed by atoms with Crippen molar-refractivity contribution in [2.24, 2.45) is 17.8 Å². The van der Waals surface area contributed by atoms with Gasteiger partial charge in [-0.3, -0.25) is 37.3 Å². The van der Waals surface area contributed by atoms with Gasteiger partial charge >= 0.3 is 39.5 Å². The van der Waals surface area contributed by atoms with E-state index < -0.39 is 97.5 Å². The summed E-state index contributed by atoms with van der Waals surface area (Å²) in [6, 6.07) is 0. The number of carbonyl (C=O) groups is 4. The highest BCUT2D eigenvalue weighted by molar-refractivity contribution is 7.47. The van der Waals surface area contributed by atoms with Crippen LogP contribution in [0.1, 0.15) is 376 Å². The minimum absolute atomic E-state index is 0.101. The maximum Gasteiger partial charge on any atom is 0.472 e. The lowest BCUT2D eigenvalue weighted by atomic mass is 9.99. The van der Waals surface area contributed by atoms with Gasteiger partial charge in [-0.1, -0.05) is 325 Å². The van der Waals surface area contributed by atoms with E-state index in [2.05, 4.69) is 48.5 Å². The fourth-order valence-electron chi connectivity index (χ4n) is 11.2. The summed E-state index contributed by atoms with van der Waals surface area (Å²) in [5.74, 6) is 0.203. The average Bonchev–Trinajstić information content (AvgIpc) is 1.99. The number of hydrogen-bond acceptors (Lipinski definition) is 15. The molecule has 17 nitrogen and oxygen atoms in total. The lowest BCUT2D eigenvalue weighted by Crippen LogP contribution is -2.30. The fourth-order valence-corrected chi connectivity index (χ4v) is 12.8. The number of esters is 4. The van der Waals surface area contributed by atoms with Gasteiger partial charge < -0.3 is 33.8 Å². The third kappa shape index (κ3) is 67.0. The number of rotatable bonds is 72. The molecule has 552 valence electrons. The number of ether oxygens (including phenoxy) is 4. The summed E-state index contributed by atoms with van der Waals surface area (Å²) in [6.45, 7) is 11.8. The van der Waals surface area contributed by atoms with Crippen LogP contribution in [0.2, 0.25) is 0 Å². The molecule has 0 radical (unpaired) electrons. The van der Waals surface area contributed by atoms with Gasteiger partial charge in [0.1, 0.15) is 19.3 Å². The SMILES string of the molecule is CCCCCCCC(=O)OC[C@H](COP(=O)(O)OC[C@H](O)COP(=O)(O)OC[C@@H](COC(=O)CCCCCCCCCCCCCCCCC(C)C)OC(=O)CCCCCCCCCCCCCCCCCCCCC(C)CC)OC(=O)CCCCCCCCC(C)C. The van der Waals surface area contributed by atoms with Crippen molar-refractivity contribution in [3.05, 3.63) is 0 Å². The Labute approximate surface area is 568 Å². The molecule has 19 heteroatoms. The zero-order valence-electron chi connectivity index (χ0n) is 60.7. The summed E-state index contributed by atoms with van der Waals surface area (Å²) in [6.07, 6.45) is 50.7. The van der Waals surface area contributed by atoms with Crippen molar-refractivity contribution in [1.82, 2.24) is 0 Å². The molecule has 0 aliphatic rings. The standard InChI is InChI=1S/C74H144O17P2/c1-8-10-11-38-48-55-71(76)84-61-69(91-74(79)58-51-44-37-36-40-46-53-66(5)6)63-88-92(80,81)86-59-68(75)60-87-93(82,83)89-64-70(62-85-72(77)56-49-42-34-30-26-22-19-18-20-24-28-32-39-45-52-65(3)4)90-73(78)57-50-43-35-31-27-23-17-15-13-12-14-16-21-25-29-33-41-47-54-67(7)9-2/h65-70,75H,8-64H2,1-7H3,(H,80,81)(H,82,83)/t67?,68-,69+,70+/m0/s1. The second-order valence-corrected chi connectivity index (χ2v) is 30.8. The predicted molar refractivity (Wildman–Crippen MR) is 377 cm³/mol. The largest absolute Gasteiger partial charge is 0.472 e. The van der Waals surface area contributed by atoms with Crippen LogP contribution in [0.25, 0.3) is 0 Å². The Morgan fingerprint density at radius 1 is 0.312 bits per heavy atom. The van der Waals surface area contributed by atoms with Gasteiger partial charge in [-0.2, -0.15) is 0 Å². The van der Waals surface area contributed by atoms with Gasteiger partial charge in [0.25, 0.3) is 0 Å². The monoisotopic (exact) mass is 1370 g/mol. The number of unbranched alkanes of at least 4 members (excludes halogenated alkanes) is 39. The number of carbonyl (C=O) groups excluding carboxylic acids is 4. The summed E-state index contributed by atoms with van der Waals surface area (Å²) in [7, 11) is -9.89. The van der Waals surface area contributed by atoms with Gasteiger partial charge in [-0.05, 0) is 43.4 Å². The molecular weight excluding hydrogens is 1220 g/mol. The van der Waals surface area contributed by atoms with E-state index in [0.29, 0.717) is 31.6 Å². The van der Waals surface area contributed by atoms with Crippen molar-refractivity contribution in [3.8, 4) is 0 Å². The van der Waals surface area contributed by atoms with Crippen LogP contribution in [-0.4, -0.2) is 96.7 Å². The maximum atomic E-state index is 13.1. The van der Waals surface area contributed by atoms with Crippen molar-refractivity contribution in [1.29, 1.82) is 0 Å². The number of phosphoric acid groups is 2. The first-order valence-electron chi connectivity index (χ1n) is 38.4. The molecule has 0 spiro atoms. The van der Waals surface area contributed by atoms with E-state index in [1.165, 1.54) is 180 Å². The minimum atomic E-state index is -4.95. The molecule has 6 atom stereocenters. The van der Waals surface area contributed by atoms with E-state index in [4.69, 9.17) is 37.0 Å². The van der Waals surface area contributed by atoms with Gasteiger partial charge in [-0.15, -0.1) is 0 Å². The van der Waals surface area contributed by atoms with Crippen LogP contribution in [0.15, 0.2) is 0 Å². The van der Waals surface area contributed by atoms with Crippen LogP contribution >= 0.6 is 15.6 Å². The molecule has 0 rings (SSSR count). The second kappa shape index (κ2) is 64.7. The molecule has 0 heterocycles. The summed E-state index contributed by atoms with van der Waals surface area (Å²) in [5.41, 5.74) is 0. The average molecular weight is 1370 g/mol. The molecule has 0 aromatic heterocycles. The molecule has 0 aromatic rings. The third-order valence-corrected chi connectivity index (χ3v) is 19.4. The Hall–Kier alpha value is -1.94. The molecule has 0 bridgehead atoms. The third-order valence-electron chi connectivity index (χ3n) is 17.5. The number of aliphatic hydroxyl groups is 1. The molecule has 0 aliphatic heterocycles. The van der Waals surface area contributed by atoms with Crippen LogP contribution in [0, 0.1) is 17.8 Å². The predicted octanol–water partition coefficient (Wildman–Crippen LogP) is 21.4. The quantitative estimate of drug-likeness (QED) is 0.0222. The van der Waals surface area contributed by atoms with Crippen molar-refractivity contribution < 1.29 is 80.2 Å². The maximum absolute atomic E-state index is 13.1.